The number of amides is 1. The van der Waals surface area contributed by atoms with Crippen molar-refractivity contribution in [2.45, 2.75) is 13.3 Å². The van der Waals surface area contributed by atoms with E-state index < -0.39 is 0 Å². The first-order chi connectivity index (χ1) is 14.2. The van der Waals surface area contributed by atoms with Crippen LogP contribution in [0.1, 0.15) is 18.1 Å². The van der Waals surface area contributed by atoms with Gasteiger partial charge in [-0.2, -0.15) is 5.10 Å². The molecule has 0 unspecified atom stereocenters. The minimum Gasteiger partial charge on any atom is -0.493 e. The largest absolute Gasteiger partial charge is 0.493 e. The van der Waals surface area contributed by atoms with Gasteiger partial charge in [-0.25, -0.2) is 5.43 Å². The second-order valence-corrected chi connectivity index (χ2v) is 6.58. The maximum Gasteiger partial charge on any atom is 0.244 e. The SMILES string of the molecule is CCOc1ccc2ccccc2c1/C=N\NC(=O)Cc1ccc2c(c1)OCCO2. The lowest BCUT2D eigenvalue weighted by atomic mass is 10.0. The van der Waals surface area contributed by atoms with Crippen LogP contribution < -0.4 is 19.6 Å². The summed E-state index contributed by atoms with van der Waals surface area (Å²) in [7, 11) is 0. The molecule has 1 aliphatic heterocycles. The van der Waals surface area contributed by atoms with Gasteiger partial charge >= 0.3 is 0 Å². The van der Waals surface area contributed by atoms with E-state index in [0.717, 1.165) is 27.6 Å². The van der Waals surface area contributed by atoms with Gasteiger partial charge in [0.05, 0.1) is 19.2 Å². The van der Waals surface area contributed by atoms with Crippen LogP contribution in [0.5, 0.6) is 17.2 Å². The van der Waals surface area contributed by atoms with Crippen molar-refractivity contribution in [3.63, 3.8) is 0 Å². The van der Waals surface area contributed by atoms with E-state index in [-0.39, 0.29) is 12.3 Å². The molecule has 148 valence electrons. The van der Waals surface area contributed by atoms with Gasteiger partial charge in [0.15, 0.2) is 11.5 Å². The molecule has 1 aliphatic rings. The van der Waals surface area contributed by atoms with Gasteiger partial charge in [0, 0.05) is 5.56 Å². The minimum absolute atomic E-state index is 0.196. The molecule has 0 aliphatic carbocycles. The monoisotopic (exact) mass is 390 g/mol. The van der Waals surface area contributed by atoms with Gasteiger partial charge in [-0.3, -0.25) is 4.79 Å². The molecule has 0 spiro atoms. The summed E-state index contributed by atoms with van der Waals surface area (Å²) in [5.74, 6) is 1.90. The van der Waals surface area contributed by atoms with Crippen LogP contribution in [0.15, 0.2) is 59.7 Å². The number of hydrogen-bond donors (Lipinski definition) is 1. The predicted octanol–water partition coefficient (Wildman–Crippen LogP) is 3.70. The van der Waals surface area contributed by atoms with Gasteiger partial charge in [-0.05, 0) is 41.5 Å². The molecule has 3 aromatic carbocycles. The van der Waals surface area contributed by atoms with Crippen molar-refractivity contribution in [1.82, 2.24) is 5.43 Å². The highest BCUT2D eigenvalue weighted by Crippen LogP contribution is 2.31. The summed E-state index contributed by atoms with van der Waals surface area (Å²) in [4.78, 5) is 12.3. The van der Waals surface area contributed by atoms with Crippen LogP contribution in [0.4, 0.5) is 0 Å². The topological polar surface area (TPSA) is 69.2 Å². The number of nitrogens with zero attached hydrogens (tertiary/aromatic N) is 1. The van der Waals surface area contributed by atoms with Crippen molar-refractivity contribution in [3.05, 3.63) is 65.7 Å². The lowest BCUT2D eigenvalue weighted by Gasteiger charge is -2.18. The molecular formula is C23H22N2O4. The second kappa shape index (κ2) is 8.65. The summed E-state index contributed by atoms with van der Waals surface area (Å²) in [5.41, 5.74) is 4.27. The normalized spacial score (nSPS) is 12.9. The van der Waals surface area contributed by atoms with Gasteiger partial charge in [-0.15, -0.1) is 0 Å². The standard InChI is InChI=1S/C23H22N2O4/c1-2-27-20-10-8-17-5-3-4-6-18(17)19(20)15-24-25-23(26)14-16-7-9-21-22(13-16)29-12-11-28-21/h3-10,13,15H,2,11-12,14H2,1H3,(H,25,26)/b24-15-. The molecule has 1 amide bonds. The number of benzene rings is 3. The molecule has 6 heteroatoms. The fourth-order valence-electron chi connectivity index (χ4n) is 3.28. The smallest absolute Gasteiger partial charge is 0.244 e. The third kappa shape index (κ3) is 4.32. The molecule has 1 N–H and O–H groups in total. The summed E-state index contributed by atoms with van der Waals surface area (Å²) < 4.78 is 16.8. The molecule has 1 heterocycles. The van der Waals surface area contributed by atoms with Crippen LogP contribution in [0.3, 0.4) is 0 Å². The van der Waals surface area contributed by atoms with E-state index in [1.54, 1.807) is 6.21 Å². The average Bonchev–Trinajstić information content (AvgIpc) is 2.75. The number of ether oxygens (including phenoxy) is 3. The molecule has 0 saturated heterocycles. The quantitative estimate of drug-likeness (QED) is 0.515. The molecule has 0 radical (unpaired) electrons. The van der Waals surface area contributed by atoms with Crippen LogP contribution in [0, 0.1) is 0 Å². The fraction of sp³-hybridized carbons (Fsp3) is 0.217. The molecule has 6 nitrogen and oxygen atoms in total. The first kappa shape index (κ1) is 18.8. The van der Waals surface area contributed by atoms with Crippen molar-refractivity contribution < 1.29 is 19.0 Å². The number of hydrazone groups is 1. The zero-order valence-electron chi connectivity index (χ0n) is 16.2. The molecule has 0 fully saturated rings. The highest BCUT2D eigenvalue weighted by atomic mass is 16.6. The van der Waals surface area contributed by atoms with E-state index in [1.807, 2.05) is 61.5 Å². The summed E-state index contributed by atoms with van der Waals surface area (Å²) in [6.07, 6.45) is 1.83. The zero-order chi connectivity index (χ0) is 20.1. The molecule has 3 aromatic rings. The molecule has 29 heavy (non-hydrogen) atoms. The summed E-state index contributed by atoms with van der Waals surface area (Å²) in [6, 6.07) is 17.4. The van der Waals surface area contributed by atoms with E-state index in [4.69, 9.17) is 14.2 Å². The molecule has 0 saturated carbocycles. The molecule has 0 bridgehead atoms. The summed E-state index contributed by atoms with van der Waals surface area (Å²) in [5, 5.41) is 6.26. The first-order valence-electron chi connectivity index (χ1n) is 9.59. The Bertz CT molecular complexity index is 1060. The Hall–Kier alpha value is -3.54. The average molecular weight is 390 g/mol. The van der Waals surface area contributed by atoms with Gasteiger partial charge in [0.1, 0.15) is 19.0 Å². The van der Waals surface area contributed by atoms with Crippen molar-refractivity contribution in [2.75, 3.05) is 19.8 Å². The van der Waals surface area contributed by atoms with Gasteiger partial charge in [0.25, 0.3) is 0 Å². The van der Waals surface area contributed by atoms with Crippen LogP contribution in [-0.4, -0.2) is 31.9 Å². The van der Waals surface area contributed by atoms with Crippen LogP contribution in [0.2, 0.25) is 0 Å². The van der Waals surface area contributed by atoms with Gasteiger partial charge < -0.3 is 14.2 Å². The first-order valence-corrected chi connectivity index (χ1v) is 9.59. The Morgan fingerprint density at radius 3 is 2.79 bits per heavy atom. The Morgan fingerprint density at radius 2 is 1.93 bits per heavy atom. The number of carbonyl (C=O) groups is 1. The Labute approximate surface area is 169 Å². The Morgan fingerprint density at radius 1 is 1.10 bits per heavy atom. The minimum atomic E-state index is -0.212. The summed E-state index contributed by atoms with van der Waals surface area (Å²) in [6.45, 7) is 3.54. The fourth-order valence-corrected chi connectivity index (χ4v) is 3.28. The third-order valence-electron chi connectivity index (χ3n) is 4.58. The van der Waals surface area contributed by atoms with Crippen molar-refractivity contribution in [2.24, 2.45) is 5.10 Å². The lowest BCUT2D eigenvalue weighted by Crippen LogP contribution is -2.20. The summed E-state index contributed by atoms with van der Waals surface area (Å²) >= 11 is 0. The Balaban J connectivity index is 1.47. The van der Waals surface area contributed by atoms with Crippen LogP contribution >= 0.6 is 0 Å². The van der Waals surface area contributed by atoms with E-state index in [1.165, 1.54) is 0 Å². The second-order valence-electron chi connectivity index (χ2n) is 6.58. The maximum atomic E-state index is 12.3. The molecular weight excluding hydrogens is 368 g/mol. The van der Waals surface area contributed by atoms with Crippen molar-refractivity contribution in [3.8, 4) is 17.2 Å². The number of nitrogens with one attached hydrogen (secondary N) is 1. The van der Waals surface area contributed by atoms with Gasteiger partial charge in [0.2, 0.25) is 5.91 Å². The van der Waals surface area contributed by atoms with Crippen LogP contribution in [-0.2, 0) is 11.2 Å². The van der Waals surface area contributed by atoms with E-state index in [9.17, 15) is 4.79 Å². The highest BCUT2D eigenvalue weighted by Gasteiger charge is 2.13. The third-order valence-corrected chi connectivity index (χ3v) is 4.58. The van der Waals surface area contributed by atoms with Crippen molar-refractivity contribution >= 4 is 22.9 Å². The highest BCUT2D eigenvalue weighted by molar-refractivity contribution is 6.02. The lowest BCUT2D eigenvalue weighted by molar-refractivity contribution is -0.120. The number of fused-ring (bicyclic) bond motifs is 2. The number of carbonyl (C=O) groups excluding carboxylic acids is 1. The predicted molar refractivity (Wildman–Crippen MR) is 112 cm³/mol. The van der Waals surface area contributed by atoms with Crippen LogP contribution in [0.25, 0.3) is 10.8 Å². The van der Waals surface area contributed by atoms with Crippen molar-refractivity contribution in [1.29, 1.82) is 0 Å². The number of hydrogen-bond acceptors (Lipinski definition) is 5. The number of rotatable bonds is 6. The van der Waals surface area contributed by atoms with E-state index in [0.29, 0.717) is 31.3 Å². The Kier molecular flexibility index (Phi) is 5.61. The molecule has 0 atom stereocenters. The van der Waals surface area contributed by atoms with E-state index in [2.05, 4.69) is 10.5 Å². The zero-order valence-corrected chi connectivity index (χ0v) is 16.2. The van der Waals surface area contributed by atoms with Gasteiger partial charge in [-0.1, -0.05) is 36.4 Å². The molecule has 4 rings (SSSR count). The molecule has 0 aromatic heterocycles. The van der Waals surface area contributed by atoms with E-state index >= 15 is 0 Å². The maximum absolute atomic E-state index is 12.3.